The number of hydrogen-bond donors (Lipinski definition) is 1. The summed E-state index contributed by atoms with van der Waals surface area (Å²) >= 11 is 3.55. The van der Waals surface area contributed by atoms with E-state index in [0.29, 0.717) is 0 Å². The lowest BCUT2D eigenvalue weighted by molar-refractivity contribution is 0.199. The van der Waals surface area contributed by atoms with E-state index in [-0.39, 0.29) is 5.82 Å². The van der Waals surface area contributed by atoms with E-state index in [2.05, 4.69) is 20.8 Å². The first-order valence-electron chi connectivity index (χ1n) is 6.60. The predicted octanol–water partition coefficient (Wildman–Crippen LogP) is 4.34. The minimum atomic E-state index is -0.497. The molecule has 0 amide bonds. The molecule has 0 saturated heterocycles. The monoisotopic (exact) mass is 335 g/mol. The molecule has 0 bridgehead atoms. The molecule has 3 rings (SSSR count). The van der Waals surface area contributed by atoms with Gasteiger partial charge in [0.25, 0.3) is 0 Å². The summed E-state index contributed by atoms with van der Waals surface area (Å²) in [7, 11) is 0. The zero-order valence-electron chi connectivity index (χ0n) is 11.1. The van der Waals surface area contributed by atoms with Crippen LogP contribution in [0.4, 0.5) is 15.8 Å². The van der Waals surface area contributed by atoms with Gasteiger partial charge in [0, 0.05) is 16.7 Å². The van der Waals surface area contributed by atoms with Gasteiger partial charge in [-0.1, -0.05) is 12.1 Å². The van der Waals surface area contributed by atoms with E-state index >= 15 is 0 Å². The molecule has 1 aliphatic heterocycles. The van der Waals surface area contributed by atoms with Gasteiger partial charge < -0.3 is 10.0 Å². The topological polar surface area (TPSA) is 23.5 Å². The molecule has 2 aromatic carbocycles. The largest absolute Gasteiger partial charge is 0.389 e. The Hall–Kier alpha value is -1.39. The van der Waals surface area contributed by atoms with Gasteiger partial charge in [0.2, 0.25) is 0 Å². The highest BCUT2D eigenvalue weighted by Crippen LogP contribution is 2.39. The van der Waals surface area contributed by atoms with Crippen LogP contribution in [-0.4, -0.2) is 11.7 Å². The van der Waals surface area contributed by atoms with Crippen LogP contribution in [-0.2, 0) is 6.42 Å². The first kappa shape index (κ1) is 13.6. The molecule has 104 valence electrons. The van der Waals surface area contributed by atoms with Crippen LogP contribution in [0.15, 0.2) is 40.9 Å². The van der Waals surface area contributed by atoms with E-state index in [1.165, 1.54) is 6.07 Å². The van der Waals surface area contributed by atoms with Crippen LogP contribution in [0, 0.1) is 5.82 Å². The highest BCUT2D eigenvalue weighted by molar-refractivity contribution is 9.10. The zero-order valence-corrected chi connectivity index (χ0v) is 12.7. The SMILES string of the molecule is C[C@@H](O)c1ccc(N2CCc3ccc(F)cc32)c(Br)c1. The third kappa shape index (κ3) is 2.34. The van der Waals surface area contributed by atoms with Crippen LogP contribution >= 0.6 is 15.9 Å². The average molecular weight is 336 g/mol. The quantitative estimate of drug-likeness (QED) is 0.882. The van der Waals surface area contributed by atoms with Crippen LogP contribution < -0.4 is 4.90 Å². The van der Waals surface area contributed by atoms with E-state index in [4.69, 9.17) is 0 Å². The van der Waals surface area contributed by atoms with Gasteiger partial charge in [0.15, 0.2) is 0 Å². The Balaban J connectivity index is 2.02. The molecule has 1 atom stereocenters. The third-order valence-corrected chi connectivity index (χ3v) is 4.32. The molecule has 20 heavy (non-hydrogen) atoms. The molecule has 0 saturated carbocycles. The van der Waals surface area contributed by atoms with Gasteiger partial charge in [0.1, 0.15) is 5.82 Å². The summed E-state index contributed by atoms with van der Waals surface area (Å²) < 4.78 is 14.4. The molecular formula is C16H15BrFNO. The molecule has 1 aliphatic rings. The Kier molecular flexibility index (Phi) is 3.52. The Labute approximate surface area is 126 Å². The number of halogens is 2. The van der Waals surface area contributed by atoms with Crippen molar-refractivity contribution in [2.45, 2.75) is 19.4 Å². The molecule has 1 heterocycles. The van der Waals surface area contributed by atoms with Crippen molar-refractivity contribution in [2.24, 2.45) is 0 Å². The van der Waals surface area contributed by atoms with Crippen molar-refractivity contribution in [3.8, 4) is 0 Å². The maximum atomic E-state index is 13.5. The van der Waals surface area contributed by atoms with Gasteiger partial charge in [-0.15, -0.1) is 0 Å². The number of aliphatic hydroxyl groups excluding tert-OH is 1. The molecule has 2 nitrogen and oxygen atoms in total. The summed E-state index contributed by atoms with van der Waals surface area (Å²) in [4.78, 5) is 2.11. The van der Waals surface area contributed by atoms with Crippen molar-refractivity contribution in [1.82, 2.24) is 0 Å². The Morgan fingerprint density at radius 3 is 2.70 bits per heavy atom. The Morgan fingerprint density at radius 2 is 2.00 bits per heavy atom. The van der Waals surface area contributed by atoms with Crippen molar-refractivity contribution in [1.29, 1.82) is 0 Å². The predicted molar refractivity (Wildman–Crippen MR) is 81.9 cm³/mol. The molecule has 0 spiro atoms. The molecule has 0 fully saturated rings. The van der Waals surface area contributed by atoms with Gasteiger partial charge in [0.05, 0.1) is 11.8 Å². The lowest BCUT2D eigenvalue weighted by Crippen LogP contribution is -2.14. The molecule has 0 unspecified atom stereocenters. The summed E-state index contributed by atoms with van der Waals surface area (Å²) in [6, 6.07) is 10.7. The summed E-state index contributed by atoms with van der Waals surface area (Å²) in [6.07, 6.45) is 0.420. The van der Waals surface area contributed by atoms with Crippen LogP contribution in [0.1, 0.15) is 24.2 Å². The highest BCUT2D eigenvalue weighted by atomic mass is 79.9. The maximum absolute atomic E-state index is 13.5. The number of fused-ring (bicyclic) bond motifs is 1. The van der Waals surface area contributed by atoms with Crippen molar-refractivity contribution < 1.29 is 9.50 Å². The standard InChI is InChI=1S/C16H15BrFNO/c1-10(20)12-3-5-15(14(17)8-12)19-7-6-11-2-4-13(18)9-16(11)19/h2-5,8-10,20H,6-7H2,1H3/t10-/m1/s1. The van der Waals surface area contributed by atoms with Gasteiger partial charge in [-0.2, -0.15) is 0 Å². The van der Waals surface area contributed by atoms with E-state index in [1.807, 2.05) is 24.3 Å². The van der Waals surface area contributed by atoms with Crippen LogP contribution in [0.3, 0.4) is 0 Å². The normalized spacial score (nSPS) is 15.3. The van der Waals surface area contributed by atoms with Gasteiger partial charge >= 0.3 is 0 Å². The van der Waals surface area contributed by atoms with Crippen molar-refractivity contribution >= 4 is 27.3 Å². The molecule has 2 aromatic rings. The number of nitrogens with zero attached hydrogens (tertiary/aromatic N) is 1. The molecule has 0 aromatic heterocycles. The van der Waals surface area contributed by atoms with Gasteiger partial charge in [-0.3, -0.25) is 0 Å². The van der Waals surface area contributed by atoms with Crippen molar-refractivity contribution in [3.05, 3.63) is 57.8 Å². The smallest absolute Gasteiger partial charge is 0.125 e. The van der Waals surface area contributed by atoms with Crippen LogP contribution in [0.25, 0.3) is 0 Å². The first-order valence-corrected chi connectivity index (χ1v) is 7.39. The fourth-order valence-electron chi connectivity index (χ4n) is 2.60. The minimum Gasteiger partial charge on any atom is -0.389 e. The Morgan fingerprint density at radius 1 is 1.20 bits per heavy atom. The van der Waals surface area contributed by atoms with E-state index in [0.717, 1.165) is 39.9 Å². The fourth-order valence-corrected chi connectivity index (χ4v) is 3.22. The number of benzene rings is 2. The second-order valence-electron chi connectivity index (χ2n) is 5.06. The summed E-state index contributed by atoms with van der Waals surface area (Å²) in [6.45, 7) is 2.58. The van der Waals surface area contributed by atoms with Crippen LogP contribution in [0.5, 0.6) is 0 Å². The summed E-state index contributed by atoms with van der Waals surface area (Å²) in [5, 5.41) is 9.61. The third-order valence-electron chi connectivity index (χ3n) is 3.69. The molecular weight excluding hydrogens is 321 g/mol. The second kappa shape index (κ2) is 5.19. The Bertz CT molecular complexity index is 657. The number of rotatable bonds is 2. The van der Waals surface area contributed by atoms with E-state index in [9.17, 15) is 9.50 Å². The fraction of sp³-hybridized carbons (Fsp3) is 0.250. The zero-order chi connectivity index (χ0) is 14.3. The number of aliphatic hydroxyl groups is 1. The average Bonchev–Trinajstić information content (AvgIpc) is 2.81. The lowest BCUT2D eigenvalue weighted by atomic mass is 10.1. The summed E-state index contributed by atoms with van der Waals surface area (Å²) in [5.41, 5.74) is 3.95. The van der Waals surface area contributed by atoms with Crippen molar-refractivity contribution in [3.63, 3.8) is 0 Å². The van der Waals surface area contributed by atoms with Crippen molar-refractivity contribution in [2.75, 3.05) is 11.4 Å². The molecule has 0 radical (unpaired) electrons. The lowest BCUT2D eigenvalue weighted by Gasteiger charge is -2.22. The van der Waals surface area contributed by atoms with Crippen LogP contribution in [0.2, 0.25) is 0 Å². The van der Waals surface area contributed by atoms with E-state index in [1.54, 1.807) is 13.0 Å². The minimum absolute atomic E-state index is 0.215. The highest BCUT2D eigenvalue weighted by Gasteiger charge is 2.22. The maximum Gasteiger partial charge on any atom is 0.125 e. The number of anilines is 2. The molecule has 0 aliphatic carbocycles. The number of hydrogen-bond acceptors (Lipinski definition) is 2. The first-order chi connectivity index (χ1) is 9.56. The van der Waals surface area contributed by atoms with Gasteiger partial charge in [-0.25, -0.2) is 4.39 Å². The summed E-state index contributed by atoms with van der Waals surface area (Å²) in [5.74, 6) is -0.215. The molecule has 1 N–H and O–H groups in total. The van der Waals surface area contributed by atoms with E-state index < -0.39 is 6.10 Å². The molecule has 4 heteroatoms. The second-order valence-corrected chi connectivity index (χ2v) is 5.92. The van der Waals surface area contributed by atoms with Gasteiger partial charge in [-0.05, 0) is 64.7 Å².